The summed E-state index contributed by atoms with van der Waals surface area (Å²) >= 11 is 0. The summed E-state index contributed by atoms with van der Waals surface area (Å²) < 4.78 is 16.4. The zero-order chi connectivity index (χ0) is 26.7. The van der Waals surface area contributed by atoms with Crippen LogP contribution in [0.4, 0.5) is 0 Å². The van der Waals surface area contributed by atoms with Crippen LogP contribution in [0.5, 0.6) is 17.2 Å². The Morgan fingerprint density at radius 3 is 2.19 bits per heavy atom. The third-order valence-corrected chi connectivity index (χ3v) is 6.29. The van der Waals surface area contributed by atoms with Gasteiger partial charge in [0, 0.05) is 12.1 Å². The van der Waals surface area contributed by atoms with Gasteiger partial charge in [0.1, 0.15) is 23.0 Å². The summed E-state index contributed by atoms with van der Waals surface area (Å²) in [6, 6.07) is 19.0. The lowest BCUT2D eigenvalue weighted by molar-refractivity contribution is -0.140. The van der Waals surface area contributed by atoms with Crippen molar-refractivity contribution >= 4 is 17.4 Å². The van der Waals surface area contributed by atoms with Crippen molar-refractivity contribution in [3.8, 4) is 17.2 Å². The molecule has 37 heavy (non-hydrogen) atoms. The highest BCUT2D eigenvalue weighted by Gasteiger charge is 2.46. The number of amides is 1. The Morgan fingerprint density at radius 2 is 1.57 bits per heavy atom. The molecule has 1 heterocycles. The monoisotopic (exact) mass is 501 g/mol. The fourth-order valence-electron chi connectivity index (χ4n) is 4.52. The van der Waals surface area contributed by atoms with Crippen LogP contribution in [0.25, 0.3) is 5.76 Å². The van der Waals surface area contributed by atoms with Crippen LogP contribution >= 0.6 is 0 Å². The van der Waals surface area contributed by atoms with Gasteiger partial charge in [-0.2, -0.15) is 0 Å². The van der Waals surface area contributed by atoms with Crippen molar-refractivity contribution in [1.29, 1.82) is 0 Å². The number of aliphatic hydroxyl groups excluding tert-OH is 1. The molecule has 1 atom stereocenters. The number of methoxy groups -OCH3 is 2. The van der Waals surface area contributed by atoms with Gasteiger partial charge in [-0.15, -0.1) is 0 Å². The molecule has 0 spiro atoms. The van der Waals surface area contributed by atoms with Crippen molar-refractivity contribution in [2.24, 2.45) is 0 Å². The van der Waals surface area contributed by atoms with Gasteiger partial charge >= 0.3 is 0 Å². The minimum absolute atomic E-state index is 0.0336. The number of ketones is 1. The lowest BCUT2D eigenvalue weighted by Crippen LogP contribution is -2.29. The lowest BCUT2D eigenvalue weighted by atomic mass is 9.93. The minimum atomic E-state index is -0.803. The van der Waals surface area contributed by atoms with Crippen molar-refractivity contribution < 1.29 is 28.9 Å². The van der Waals surface area contributed by atoms with Gasteiger partial charge in [-0.05, 0) is 79.9 Å². The van der Waals surface area contributed by atoms with E-state index >= 15 is 0 Å². The molecule has 4 rings (SSSR count). The van der Waals surface area contributed by atoms with Crippen LogP contribution < -0.4 is 14.2 Å². The number of aryl methyl sites for hydroxylation is 1. The van der Waals surface area contributed by atoms with E-state index in [1.54, 1.807) is 50.6 Å². The van der Waals surface area contributed by atoms with Gasteiger partial charge in [-0.3, -0.25) is 9.59 Å². The van der Waals surface area contributed by atoms with E-state index in [1.165, 1.54) is 4.90 Å². The van der Waals surface area contributed by atoms with Gasteiger partial charge in [0.2, 0.25) is 0 Å². The molecule has 0 bridgehead atoms. The van der Waals surface area contributed by atoms with Crippen LogP contribution in [0, 0.1) is 6.92 Å². The molecule has 0 aliphatic carbocycles. The standard InChI is InChI=1S/C30H31NO6/c1-18(2)37-22-11-9-20(10-12-22)17-31-27(21-7-6-8-23(16-21)35-4)26(29(33)30(31)34)28(32)25-14-13-24(36-5)15-19(25)3/h6-16,18,27,32H,17H2,1-5H3/b28-26-. The number of rotatable bonds is 8. The van der Waals surface area contributed by atoms with E-state index in [2.05, 4.69) is 0 Å². The van der Waals surface area contributed by atoms with E-state index in [9.17, 15) is 14.7 Å². The second-order valence-electron chi connectivity index (χ2n) is 9.20. The van der Waals surface area contributed by atoms with E-state index in [0.29, 0.717) is 28.2 Å². The highest BCUT2D eigenvalue weighted by atomic mass is 16.5. The molecular weight excluding hydrogens is 470 g/mol. The van der Waals surface area contributed by atoms with Crippen molar-refractivity contribution in [3.63, 3.8) is 0 Å². The van der Waals surface area contributed by atoms with E-state index in [0.717, 1.165) is 11.3 Å². The number of likely N-dealkylation sites (tertiary alicyclic amines) is 1. The van der Waals surface area contributed by atoms with Crippen molar-refractivity contribution in [2.45, 2.75) is 39.5 Å². The number of hydrogen-bond donors (Lipinski definition) is 1. The molecule has 1 aliphatic rings. The van der Waals surface area contributed by atoms with Gasteiger partial charge in [0.25, 0.3) is 11.7 Å². The zero-order valence-electron chi connectivity index (χ0n) is 21.6. The Hall–Kier alpha value is -4.26. The second-order valence-corrected chi connectivity index (χ2v) is 9.20. The Morgan fingerprint density at radius 1 is 0.919 bits per heavy atom. The van der Waals surface area contributed by atoms with Crippen LogP contribution in [-0.2, 0) is 16.1 Å². The fraction of sp³-hybridized carbons (Fsp3) is 0.267. The predicted molar refractivity (Wildman–Crippen MR) is 141 cm³/mol. The van der Waals surface area contributed by atoms with E-state index in [1.807, 2.05) is 51.1 Å². The molecule has 0 aromatic heterocycles. The van der Waals surface area contributed by atoms with Gasteiger partial charge < -0.3 is 24.2 Å². The van der Waals surface area contributed by atoms with Gasteiger partial charge in [0.15, 0.2) is 0 Å². The molecule has 3 aromatic carbocycles. The lowest BCUT2D eigenvalue weighted by Gasteiger charge is -2.26. The normalized spacial score (nSPS) is 16.8. The van der Waals surface area contributed by atoms with Crippen LogP contribution in [-0.4, -0.2) is 42.0 Å². The summed E-state index contributed by atoms with van der Waals surface area (Å²) in [7, 11) is 3.11. The molecule has 0 saturated carbocycles. The predicted octanol–water partition coefficient (Wildman–Crippen LogP) is 5.42. The molecule has 1 amide bonds. The van der Waals surface area contributed by atoms with Crippen LogP contribution in [0.3, 0.4) is 0 Å². The molecule has 3 aromatic rings. The molecular formula is C30H31NO6. The minimum Gasteiger partial charge on any atom is -0.507 e. The highest BCUT2D eigenvalue weighted by molar-refractivity contribution is 6.46. The first kappa shape index (κ1) is 25.8. The van der Waals surface area contributed by atoms with Gasteiger partial charge in [-0.1, -0.05) is 24.3 Å². The highest BCUT2D eigenvalue weighted by Crippen LogP contribution is 2.41. The zero-order valence-corrected chi connectivity index (χ0v) is 21.6. The van der Waals surface area contributed by atoms with Crippen LogP contribution in [0.2, 0.25) is 0 Å². The Bertz CT molecular complexity index is 1340. The number of Topliss-reactive ketones (excluding diaryl/α,β-unsaturated/α-hetero) is 1. The molecule has 0 radical (unpaired) electrons. The quantitative estimate of drug-likeness (QED) is 0.252. The average molecular weight is 502 g/mol. The van der Waals surface area contributed by atoms with Crippen molar-refractivity contribution in [2.75, 3.05) is 14.2 Å². The molecule has 7 nitrogen and oxygen atoms in total. The number of benzene rings is 3. The molecule has 7 heteroatoms. The number of ether oxygens (including phenoxy) is 3. The maximum Gasteiger partial charge on any atom is 0.295 e. The largest absolute Gasteiger partial charge is 0.507 e. The Labute approximate surface area is 216 Å². The second kappa shape index (κ2) is 10.8. The number of carbonyl (C=O) groups is 2. The first-order chi connectivity index (χ1) is 17.7. The molecule has 1 fully saturated rings. The first-order valence-corrected chi connectivity index (χ1v) is 12.1. The van der Waals surface area contributed by atoms with Crippen LogP contribution in [0.1, 0.15) is 42.1 Å². The summed E-state index contributed by atoms with van der Waals surface area (Å²) in [6.45, 7) is 5.89. The maximum absolute atomic E-state index is 13.4. The Balaban J connectivity index is 1.81. The summed E-state index contributed by atoms with van der Waals surface area (Å²) in [6.07, 6.45) is 0.0400. The maximum atomic E-state index is 13.4. The third kappa shape index (κ3) is 5.31. The van der Waals surface area contributed by atoms with E-state index < -0.39 is 17.7 Å². The third-order valence-electron chi connectivity index (χ3n) is 6.29. The van der Waals surface area contributed by atoms with E-state index in [-0.39, 0.29) is 24.0 Å². The van der Waals surface area contributed by atoms with Gasteiger partial charge in [0.05, 0.1) is 31.9 Å². The molecule has 1 saturated heterocycles. The fourth-order valence-corrected chi connectivity index (χ4v) is 4.52. The summed E-state index contributed by atoms with van der Waals surface area (Å²) in [5.41, 5.74) is 2.69. The number of aliphatic hydroxyl groups is 1. The van der Waals surface area contributed by atoms with Gasteiger partial charge in [-0.25, -0.2) is 0 Å². The van der Waals surface area contributed by atoms with Crippen LogP contribution in [0.15, 0.2) is 72.3 Å². The number of nitrogens with zero attached hydrogens (tertiary/aromatic N) is 1. The average Bonchev–Trinajstić information content (AvgIpc) is 3.14. The van der Waals surface area contributed by atoms with E-state index in [4.69, 9.17) is 14.2 Å². The SMILES string of the molecule is COc1cccc(C2/C(=C(/O)c3ccc(OC)cc3C)C(=O)C(=O)N2Cc2ccc(OC(C)C)cc2)c1. The number of hydrogen-bond acceptors (Lipinski definition) is 6. The van der Waals surface area contributed by atoms with Crippen molar-refractivity contribution in [1.82, 2.24) is 4.90 Å². The molecule has 1 aliphatic heterocycles. The summed E-state index contributed by atoms with van der Waals surface area (Å²) in [5.74, 6) is 0.292. The Kier molecular flexibility index (Phi) is 7.53. The summed E-state index contributed by atoms with van der Waals surface area (Å²) in [4.78, 5) is 28.2. The topological polar surface area (TPSA) is 85.3 Å². The smallest absolute Gasteiger partial charge is 0.295 e. The van der Waals surface area contributed by atoms with Crippen molar-refractivity contribution in [3.05, 3.63) is 94.6 Å². The number of carbonyl (C=O) groups excluding carboxylic acids is 2. The molecule has 192 valence electrons. The molecule has 1 unspecified atom stereocenters. The first-order valence-electron chi connectivity index (χ1n) is 12.1. The summed E-state index contributed by atoms with van der Waals surface area (Å²) in [5, 5.41) is 11.4. The molecule has 1 N–H and O–H groups in total.